The Balaban J connectivity index is 1.66. The summed E-state index contributed by atoms with van der Waals surface area (Å²) < 4.78 is 0.400. The van der Waals surface area contributed by atoms with Gasteiger partial charge in [0.15, 0.2) is 0 Å². The molecule has 0 bridgehead atoms. The molecule has 0 saturated heterocycles. The van der Waals surface area contributed by atoms with E-state index in [1.807, 2.05) is 0 Å². The van der Waals surface area contributed by atoms with Gasteiger partial charge in [0.05, 0.1) is 16.1 Å². The van der Waals surface area contributed by atoms with Crippen LogP contribution in [0.3, 0.4) is 0 Å². The first-order valence-corrected chi connectivity index (χ1v) is 11.8. The quantitative estimate of drug-likeness (QED) is 0.275. The summed E-state index contributed by atoms with van der Waals surface area (Å²) in [5.41, 5.74) is 0.0251. The van der Waals surface area contributed by atoms with E-state index in [1.165, 1.54) is 31.4 Å². The molecule has 2 atom stereocenters. The van der Waals surface area contributed by atoms with Crippen molar-refractivity contribution < 1.29 is 14.5 Å². The summed E-state index contributed by atoms with van der Waals surface area (Å²) in [6, 6.07) is 6.69. The lowest BCUT2D eigenvalue weighted by Gasteiger charge is -2.34. The molecule has 11 nitrogen and oxygen atoms in total. The van der Waals surface area contributed by atoms with Gasteiger partial charge < -0.3 is 20.9 Å². The van der Waals surface area contributed by atoms with Gasteiger partial charge in [-0.3, -0.25) is 24.5 Å². The zero-order valence-corrected chi connectivity index (χ0v) is 20.3. The van der Waals surface area contributed by atoms with Crippen molar-refractivity contribution in [2.45, 2.75) is 37.8 Å². The molecule has 1 aliphatic rings. The molecule has 35 heavy (non-hydrogen) atoms. The van der Waals surface area contributed by atoms with E-state index in [-0.39, 0.29) is 34.6 Å². The van der Waals surface area contributed by atoms with Crippen LogP contribution in [-0.4, -0.2) is 45.8 Å². The Labute approximate surface area is 208 Å². The zero-order chi connectivity index (χ0) is 25.1. The molecule has 2 heterocycles. The molecule has 0 unspecified atom stereocenters. The van der Waals surface area contributed by atoms with Gasteiger partial charge in [0.2, 0.25) is 5.56 Å². The van der Waals surface area contributed by atoms with Crippen LogP contribution in [0.25, 0.3) is 11.0 Å². The molecular formula is C23H23BrN6O5. The molecule has 0 radical (unpaired) electrons. The minimum absolute atomic E-state index is 0.0921. The van der Waals surface area contributed by atoms with Crippen molar-refractivity contribution in [3.05, 3.63) is 72.6 Å². The fourth-order valence-electron chi connectivity index (χ4n) is 4.38. The monoisotopic (exact) mass is 542 g/mol. The highest BCUT2D eigenvalue weighted by molar-refractivity contribution is 9.10. The smallest absolute Gasteiger partial charge is 0.294 e. The average molecular weight is 543 g/mol. The SMILES string of the molecule is CNC(=O)c1cc(Br)cc([N+](=O)[O-])c1N[C@@H]1CCCC[C@@H]1NC(=O)c1cc(=O)[nH]c2ncccc12. The van der Waals surface area contributed by atoms with Gasteiger partial charge in [-0.2, -0.15) is 0 Å². The van der Waals surface area contributed by atoms with Crippen LogP contribution in [-0.2, 0) is 0 Å². The lowest BCUT2D eigenvalue weighted by Crippen LogP contribution is -2.49. The number of nitrogens with zero attached hydrogens (tertiary/aromatic N) is 2. The Morgan fingerprint density at radius 1 is 1.14 bits per heavy atom. The van der Waals surface area contributed by atoms with Gasteiger partial charge >= 0.3 is 0 Å². The second-order valence-corrected chi connectivity index (χ2v) is 9.16. The van der Waals surface area contributed by atoms with Crippen molar-refractivity contribution in [1.82, 2.24) is 20.6 Å². The standard InChI is InChI=1S/C23H23BrN6O5/c1-25-22(32)15-9-12(24)10-18(30(34)35)20(15)27-16-6-2-3-7-17(16)28-23(33)14-11-19(31)29-21-13(14)5-4-8-26-21/h4-5,8-11,16-17,27H,2-3,6-7H2,1H3,(H,25,32)(H,28,33)(H,26,29,31)/t16-,17+/m1/s1. The number of carbonyl (C=O) groups excluding carboxylic acids is 2. The summed E-state index contributed by atoms with van der Waals surface area (Å²) in [6.45, 7) is 0. The van der Waals surface area contributed by atoms with Crippen molar-refractivity contribution in [2.24, 2.45) is 0 Å². The number of fused-ring (bicyclic) bond motifs is 1. The first-order chi connectivity index (χ1) is 16.8. The zero-order valence-electron chi connectivity index (χ0n) is 18.8. The minimum atomic E-state index is -0.550. The Kier molecular flexibility index (Phi) is 7.10. The molecule has 12 heteroatoms. The Morgan fingerprint density at radius 2 is 1.89 bits per heavy atom. The molecule has 2 amide bonds. The maximum atomic E-state index is 13.2. The predicted octanol–water partition coefficient (Wildman–Crippen LogP) is 3.11. The van der Waals surface area contributed by atoms with Gasteiger partial charge in [0, 0.05) is 47.3 Å². The first-order valence-electron chi connectivity index (χ1n) is 11.0. The van der Waals surface area contributed by atoms with Crippen LogP contribution in [0.4, 0.5) is 11.4 Å². The van der Waals surface area contributed by atoms with Gasteiger partial charge in [-0.1, -0.05) is 28.8 Å². The second-order valence-electron chi connectivity index (χ2n) is 8.25. The minimum Gasteiger partial charge on any atom is -0.374 e. The molecular weight excluding hydrogens is 520 g/mol. The number of anilines is 1. The van der Waals surface area contributed by atoms with Crippen molar-refractivity contribution in [1.29, 1.82) is 0 Å². The van der Waals surface area contributed by atoms with Crippen LogP contribution in [0.5, 0.6) is 0 Å². The number of amides is 2. The van der Waals surface area contributed by atoms with E-state index < -0.39 is 22.3 Å². The molecule has 1 fully saturated rings. The number of nitrogens with one attached hydrogen (secondary N) is 4. The number of pyridine rings is 2. The fourth-order valence-corrected chi connectivity index (χ4v) is 4.83. The number of nitro groups is 1. The summed E-state index contributed by atoms with van der Waals surface area (Å²) in [6.07, 6.45) is 4.48. The normalized spacial score (nSPS) is 17.5. The average Bonchev–Trinajstić information content (AvgIpc) is 2.84. The number of H-pyrrole nitrogens is 1. The van der Waals surface area contributed by atoms with E-state index in [0.717, 1.165) is 12.8 Å². The van der Waals surface area contributed by atoms with Crippen LogP contribution in [0.1, 0.15) is 46.4 Å². The molecule has 4 rings (SSSR count). The number of hydrogen-bond acceptors (Lipinski definition) is 7. The van der Waals surface area contributed by atoms with E-state index in [1.54, 1.807) is 12.1 Å². The molecule has 1 aromatic carbocycles. The van der Waals surface area contributed by atoms with Gasteiger partial charge in [-0.25, -0.2) is 4.98 Å². The number of nitro benzene ring substituents is 1. The molecule has 1 saturated carbocycles. The van der Waals surface area contributed by atoms with Crippen LogP contribution in [0, 0.1) is 10.1 Å². The molecule has 0 aliphatic heterocycles. The topological polar surface area (TPSA) is 159 Å². The highest BCUT2D eigenvalue weighted by Gasteiger charge is 2.31. The highest BCUT2D eigenvalue weighted by atomic mass is 79.9. The third-order valence-corrected chi connectivity index (χ3v) is 6.48. The van der Waals surface area contributed by atoms with E-state index in [4.69, 9.17) is 0 Å². The maximum Gasteiger partial charge on any atom is 0.294 e. The van der Waals surface area contributed by atoms with E-state index in [9.17, 15) is 24.5 Å². The number of benzene rings is 1. The summed E-state index contributed by atoms with van der Waals surface area (Å²) in [4.78, 5) is 55.8. The van der Waals surface area contributed by atoms with Crippen LogP contribution < -0.4 is 21.5 Å². The van der Waals surface area contributed by atoms with Gasteiger partial charge in [0.1, 0.15) is 11.3 Å². The van der Waals surface area contributed by atoms with Crippen molar-refractivity contribution >= 4 is 50.2 Å². The Bertz CT molecular complexity index is 1370. The molecule has 182 valence electrons. The lowest BCUT2D eigenvalue weighted by atomic mass is 9.89. The molecule has 4 N–H and O–H groups in total. The van der Waals surface area contributed by atoms with Gasteiger partial charge in [0.25, 0.3) is 17.5 Å². The van der Waals surface area contributed by atoms with Crippen LogP contribution >= 0.6 is 15.9 Å². The highest BCUT2D eigenvalue weighted by Crippen LogP contribution is 2.35. The summed E-state index contributed by atoms with van der Waals surface area (Å²) in [7, 11) is 1.45. The van der Waals surface area contributed by atoms with Crippen molar-refractivity contribution in [3.8, 4) is 0 Å². The summed E-state index contributed by atoms with van der Waals surface area (Å²) >= 11 is 3.23. The van der Waals surface area contributed by atoms with E-state index in [2.05, 4.69) is 41.8 Å². The third-order valence-electron chi connectivity index (χ3n) is 6.02. The molecule has 2 aromatic heterocycles. The van der Waals surface area contributed by atoms with E-state index >= 15 is 0 Å². The van der Waals surface area contributed by atoms with Crippen LogP contribution in [0.15, 0.2) is 45.8 Å². The first kappa shape index (κ1) is 24.3. The Morgan fingerprint density at radius 3 is 2.60 bits per heavy atom. The number of rotatable bonds is 6. The number of aromatic nitrogens is 2. The lowest BCUT2D eigenvalue weighted by molar-refractivity contribution is -0.384. The largest absolute Gasteiger partial charge is 0.374 e. The van der Waals surface area contributed by atoms with Gasteiger partial charge in [-0.05, 0) is 31.0 Å². The Hall–Kier alpha value is -3.80. The van der Waals surface area contributed by atoms with E-state index in [0.29, 0.717) is 28.3 Å². The molecule has 3 aromatic rings. The number of carbonyl (C=O) groups is 2. The predicted molar refractivity (Wildman–Crippen MR) is 134 cm³/mol. The van der Waals surface area contributed by atoms with Gasteiger partial charge in [-0.15, -0.1) is 0 Å². The number of halogens is 1. The maximum absolute atomic E-state index is 13.2. The molecule has 0 spiro atoms. The second kappa shape index (κ2) is 10.2. The van der Waals surface area contributed by atoms with Crippen molar-refractivity contribution in [3.63, 3.8) is 0 Å². The summed E-state index contributed by atoms with van der Waals surface area (Å²) in [5.74, 6) is -0.916. The number of hydrogen-bond donors (Lipinski definition) is 4. The van der Waals surface area contributed by atoms with Crippen molar-refractivity contribution in [2.75, 3.05) is 12.4 Å². The fraction of sp³-hybridized carbons (Fsp3) is 0.304. The number of aromatic amines is 1. The third kappa shape index (κ3) is 5.16. The molecule has 1 aliphatic carbocycles. The van der Waals surface area contributed by atoms with Crippen LogP contribution in [0.2, 0.25) is 0 Å². The summed E-state index contributed by atoms with van der Waals surface area (Å²) in [5, 5.41) is 21.0.